The SMILES string of the molecule is COc1csc(C(=O)Nc2ccc(C(=O)O)c(F)c2)c1. The largest absolute Gasteiger partial charge is 0.496 e. The fourth-order valence-electron chi connectivity index (χ4n) is 1.50. The molecule has 1 aromatic carbocycles. The number of aromatic carboxylic acids is 1. The second-order valence-electron chi connectivity index (χ2n) is 3.80. The Balaban J connectivity index is 2.15. The lowest BCUT2D eigenvalue weighted by atomic mass is 10.2. The molecule has 2 aromatic rings. The van der Waals surface area contributed by atoms with Crippen molar-refractivity contribution < 1.29 is 23.8 Å². The van der Waals surface area contributed by atoms with Gasteiger partial charge in [-0.2, -0.15) is 0 Å². The van der Waals surface area contributed by atoms with E-state index in [4.69, 9.17) is 9.84 Å². The van der Waals surface area contributed by atoms with E-state index in [0.717, 1.165) is 12.1 Å². The lowest BCUT2D eigenvalue weighted by molar-refractivity contribution is 0.0692. The zero-order valence-electron chi connectivity index (χ0n) is 10.3. The van der Waals surface area contributed by atoms with Gasteiger partial charge in [0.1, 0.15) is 11.6 Å². The highest BCUT2D eigenvalue weighted by atomic mass is 32.1. The van der Waals surface area contributed by atoms with E-state index in [1.165, 1.54) is 24.5 Å². The first-order chi connectivity index (χ1) is 9.51. The van der Waals surface area contributed by atoms with E-state index in [-0.39, 0.29) is 5.69 Å². The Morgan fingerprint density at radius 3 is 2.65 bits per heavy atom. The molecule has 104 valence electrons. The summed E-state index contributed by atoms with van der Waals surface area (Å²) < 4.78 is 18.4. The molecule has 1 amide bonds. The lowest BCUT2D eigenvalue weighted by Gasteiger charge is -2.05. The third-order valence-corrected chi connectivity index (χ3v) is 3.40. The zero-order valence-corrected chi connectivity index (χ0v) is 11.2. The molecule has 2 N–H and O–H groups in total. The molecule has 0 saturated carbocycles. The van der Waals surface area contributed by atoms with Crippen molar-refractivity contribution in [2.24, 2.45) is 0 Å². The maximum atomic E-state index is 13.5. The Labute approximate surface area is 117 Å². The van der Waals surface area contributed by atoms with E-state index in [0.29, 0.717) is 10.6 Å². The topological polar surface area (TPSA) is 75.6 Å². The second-order valence-corrected chi connectivity index (χ2v) is 4.72. The van der Waals surface area contributed by atoms with Crippen LogP contribution in [0.15, 0.2) is 29.6 Å². The third kappa shape index (κ3) is 2.94. The third-order valence-electron chi connectivity index (χ3n) is 2.49. The summed E-state index contributed by atoms with van der Waals surface area (Å²) in [6.07, 6.45) is 0. The zero-order chi connectivity index (χ0) is 14.7. The van der Waals surface area contributed by atoms with E-state index in [9.17, 15) is 14.0 Å². The summed E-state index contributed by atoms with van der Waals surface area (Å²) >= 11 is 1.19. The van der Waals surface area contributed by atoms with Gasteiger partial charge in [-0.15, -0.1) is 11.3 Å². The van der Waals surface area contributed by atoms with Crippen molar-refractivity contribution in [3.63, 3.8) is 0 Å². The highest BCUT2D eigenvalue weighted by Gasteiger charge is 2.13. The Hall–Kier alpha value is -2.41. The average molecular weight is 295 g/mol. The van der Waals surface area contributed by atoms with Gasteiger partial charge in [0.15, 0.2) is 0 Å². The van der Waals surface area contributed by atoms with Gasteiger partial charge in [0.25, 0.3) is 5.91 Å². The van der Waals surface area contributed by atoms with Crippen LogP contribution in [0.1, 0.15) is 20.0 Å². The molecule has 0 saturated heterocycles. The minimum Gasteiger partial charge on any atom is -0.496 e. The van der Waals surface area contributed by atoms with Gasteiger partial charge >= 0.3 is 5.97 Å². The number of anilines is 1. The van der Waals surface area contributed by atoms with Gasteiger partial charge < -0.3 is 15.2 Å². The van der Waals surface area contributed by atoms with Crippen LogP contribution in [0.4, 0.5) is 10.1 Å². The number of ether oxygens (including phenoxy) is 1. The summed E-state index contributed by atoms with van der Waals surface area (Å²) in [6.45, 7) is 0. The van der Waals surface area contributed by atoms with Crippen molar-refractivity contribution in [3.8, 4) is 5.75 Å². The van der Waals surface area contributed by atoms with Crippen LogP contribution in [-0.2, 0) is 0 Å². The minimum atomic E-state index is -1.36. The molecule has 2 rings (SSSR count). The summed E-state index contributed by atoms with van der Waals surface area (Å²) in [7, 11) is 1.49. The molecule has 0 spiro atoms. The molecule has 0 aliphatic rings. The van der Waals surface area contributed by atoms with Gasteiger partial charge in [0.2, 0.25) is 0 Å². The molecule has 0 aliphatic heterocycles. The number of nitrogens with one attached hydrogen (secondary N) is 1. The van der Waals surface area contributed by atoms with Gasteiger partial charge in [-0.1, -0.05) is 0 Å². The monoisotopic (exact) mass is 295 g/mol. The summed E-state index contributed by atoms with van der Waals surface area (Å²) in [4.78, 5) is 23.0. The van der Waals surface area contributed by atoms with Crippen molar-refractivity contribution in [1.29, 1.82) is 0 Å². The fraction of sp³-hybridized carbons (Fsp3) is 0.0769. The van der Waals surface area contributed by atoms with E-state index < -0.39 is 23.3 Å². The number of carboxylic acid groups (broad SMARTS) is 1. The number of hydrogen-bond donors (Lipinski definition) is 2. The number of thiophene rings is 1. The van der Waals surface area contributed by atoms with Crippen molar-refractivity contribution in [2.75, 3.05) is 12.4 Å². The molecular weight excluding hydrogens is 285 g/mol. The summed E-state index contributed by atoms with van der Waals surface area (Å²) in [6, 6.07) is 4.95. The first-order valence-electron chi connectivity index (χ1n) is 5.48. The fourth-order valence-corrected chi connectivity index (χ4v) is 2.25. The molecule has 0 fully saturated rings. The first-order valence-corrected chi connectivity index (χ1v) is 6.36. The Kier molecular flexibility index (Phi) is 3.99. The van der Waals surface area contributed by atoms with E-state index in [2.05, 4.69) is 5.32 Å². The second kappa shape index (κ2) is 5.70. The van der Waals surface area contributed by atoms with Gasteiger partial charge in [-0.25, -0.2) is 9.18 Å². The van der Waals surface area contributed by atoms with Gasteiger partial charge in [-0.3, -0.25) is 4.79 Å². The van der Waals surface area contributed by atoms with E-state index in [1.54, 1.807) is 11.4 Å². The number of halogens is 1. The number of amides is 1. The number of carbonyl (C=O) groups is 2. The number of carbonyl (C=O) groups excluding carboxylic acids is 1. The molecule has 0 unspecified atom stereocenters. The first kappa shape index (κ1) is 14.0. The van der Waals surface area contributed by atoms with Crippen LogP contribution >= 0.6 is 11.3 Å². The summed E-state index contributed by atoms with van der Waals surface area (Å²) in [5.74, 6) is -2.12. The Morgan fingerprint density at radius 1 is 1.35 bits per heavy atom. The summed E-state index contributed by atoms with van der Waals surface area (Å²) in [5.41, 5.74) is -0.259. The van der Waals surface area contributed by atoms with Gasteiger partial charge in [-0.05, 0) is 18.2 Å². The smallest absolute Gasteiger partial charge is 0.338 e. The van der Waals surface area contributed by atoms with Crippen molar-refractivity contribution in [1.82, 2.24) is 0 Å². The quantitative estimate of drug-likeness (QED) is 0.909. The predicted octanol–water partition coefficient (Wildman–Crippen LogP) is 2.85. The highest BCUT2D eigenvalue weighted by Crippen LogP contribution is 2.22. The average Bonchev–Trinajstić information content (AvgIpc) is 2.87. The van der Waals surface area contributed by atoms with Crippen LogP contribution < -0.4 is 10.1 Å². The van der Waals surface area contributed by atoms with Gasteiger partial charge in [0.05, 0.1) is 17.6 Å². The molecular formula is C13H10FNO4S. The number of carboxylic acids is 1. The number of benzene rings is 1. The van der Waals surface area contributed by atoms with Crippen molar-refractivity contribution in [2.45, 2.75) is 0 Å². The van der Waals surface area contributed by atoms with Crippen LogP contribution in [0, 0.1) is 5.82 Å². The normalized spacial score (nSPS) is 10.1. The maximum Gasteiger partial charge on any atom is 0.338 e. The molecule has 0 atom stereocenters. The Morgan fingerprint density at radius 2 is 2.10 bits per heavy atom. The molecule has 0 radical (unpaired) electrons. The van der Waals surface area contributed by atoms with Crippen molar-refractivity contribution >= 4 is 28.9 Å². The van der Waals surface area contributed by atoms with Crippen molar-refractivity contribution in [3.05, 3.63) is 45.9 Å². The maximum absolute atomic E-state index is 13.5. The number of methoxy groups -OCH3 is 1. The Bertz CT molecular complexity index is 668. The van der Waals surface area contributed by atoms with E-state index >= 15 is 0 Å². The molecule has 1 heterocycles. The molecule has 7 heteroatoms. The molecule has 1 aromatic heterocycles. The standard InChI is InChI=1S/C13H10FNO4S/c1-19-8-5-11(20-6-8)12(16)15-7-2-3-9(13(17)18)10(14)4-7/h2-6H,1H3,(H,15,16)(H,17,18). The minimum absolute atomic E-state index is 0.185. The van der Waals surface area contributed by atoms with E-state index in [1.807, 2.05) is 0 Å². The van der Waals surface area contributed by atoms with Crippen LogP contribution in [-0.4, -0.2) is 24.1 Å². The van der Waals surface area contributed by atoms with Crippen LogP contribution in [0.2, 0.25) is 0 Å². The number of rotatable bonds is 4. The molecule has 20 heavy (non-hydrogen) atoms. The highest BCUT2D eigenvalue weighted by molar-refractivity contribution is 7.12. The van der Waals surface area contributed by atoms with Crippen LogP contribution in [0.5, 0.6) is 5.75 Å². The molecule has 0 aliphatic carbocycles. The lowest BCUT2D eigenvalue weighted by Crippen LogP contribution is -2.11. The van der Waals surface area contributed by atoms with Crippen LogP contribution in [0.25, 0.3) is 0 Å². The molecule has 0 bridgehead atoms. The summed E-state index contributed by atoms with van der Waals surface area (Å²) in [5, 5.41) is 12.9. The predicted molar refractivity (Wildman–Crippen MR) is 72.2 cm³/mol. The van der Waals surface area contributed by atoms with Gasteiger partial charge in [0, 0.05) is 17.1 Å². The molecule has 5 nitrogen and oxygen atoms in total. The van der Waals surface area contributed by atoms with Crippen LogP contribution in [0.3, 0.4) is 0 Å². The number of hydrogen-bond acceptors (Lipinski definition) is 4.